The number of rotatable bonds is 6. The first-order valence-electron chi connectivity index (χ1n) is 8.91. The summed E-state index contributed by atoms with van der Waals surface area (Å²) < 4.78 is 6.44. The monoisotopic (exact) mass is 379 g/mol. The normalized spacial score (nSPS) is 11.8. The van der Waals surface area contributed by atoms with Crippen LogP contribution in [0.3, 0.4) is 0 Å². The molecular weight excluding hydrogens is 358 g/mol. The van der Waals surface area contributed by atoms with Crippen molar-refractivity contribution in [2.24, 2.45) is 7.05 Å². The van der Waals surface area contributed by atoms with E-state index >= 15 is 0 Å². The van der Waals surface area contributed by atoms with E-state index in [9.17, 15) is 14.4 Å². The van der Waals surface area contributed by atoms with Gasteiger partial charge in [0.1, 0.15) is 0 Å². The lowest BCUT2D eigenvalue weighted by molar-refractivity contribution is -0.154. The molecule has 0 fully saturated rings. The molecule has 3 aromatic rings. The van der Waals surface area contributed by atoms with Gasteiger partial charge in [-0.15, -0.1) is 0 Å². The Morgan fingerprint density at radius 3 is 2.43 bits per heavy atom. The van der Waals surface area contributed by atoms with Gasteiger partial charge in [-0.25, -0.2) is 4.68 Å². The van der Waals surface area contributed by atoms with Crippen LogP contribution in [0.15, 0.2) is 59.4 Å². The maximum absolute atomic E-state index is 12.3. The van der Waals surface area contributed by atoms with Crippen molar-refractivity contribution < 1.29 is 14.3 Å². The number of esters is 1. The van der Waals surface area contributed by atoms with Gasteiger partial charge in [0.25, 0.3) is 11.5 Å². The first kappa shape index (κ1) is 19.3. The Hall–Kier alpha value is -3.48. The van der Waals surface area contributed by atoms with Crippen LogP contribution in [-0.4, -0.2) is 27.8 Å². The molecule has 2 aromatic carbocycles. The highest BCUT2D eigenvalue weighted by atomic mass is 16.5. The lowest BCUT2D eigenvalue weighted by Gasteiger charge is -2.14. The van der Waals surface area contributed by atoms with Crippen LogP contribution in [0.25, 0.3) is 10.8 Å². The lowest BCUT2D eigenvalue weighted by atomic mass is 10.1. The van der Waals surface area contributed by atoms with Crippen LogP contribution in [0.5, 0.6) is 0 Å². The van der Waals surface area contributed by atoms with Gasteiger partial charge < -0.3 is 10.1 Å². The van der Waals surface area contributed by atoms with Gasteiger partial charge in [-0.05, 0) is 18.6 Å². The first-order valence-corrected chi connectivity index (χ1v) is 8.91. The Bertz CT molecular complexity index is 1060. The molecule has 28 heavy (non-hydrogen) atoms. The molecule has 0 radical (unpaired) electrons. The number of nitrogens with zero attached hydrogens (tertiary/aromatic N) is 2. The van der Waals surface area contributed by atoms with Crippen molar-refractivity contribution in [2.45, 2.75) is 26.0 Å². The van der Waals surface area contributed by atoms with E-state index in [2.05, 4.69) is 10.4 Å². The summed E-state index contributed by atoms with van der Waals surface area (Å²) in [5, 5.41) is 7.99. The summed E-state index contributed by atoms with van der Waals surface area (Å²) in [7, 11) is 1.53. The number of aryl methyl sites for hydroxylation is 1. The molecule has 1 atom stereocenters. The van der Waals surface area contributed by atoms with E-state index in [-0.39, 0.29) is 17.9 Å². The zero-order chi connectivity index (χ0) is 20.1. The second-order valence-electron chi connectivity index (χ2n) is 6.43. The van der Waals surface area contributed by atoms with Crippen molar-refractivity contribution in [1.82, 2.24) is 15.1 Å². The molecule has 0 saturated carbocycles. The summed E-state index contributed by atoms with van der Waals surface area (Å²) in [4.78, 5) is 36.6. The average Bonchev–Trinajstić information content (AvgIpc) is 2.70. The summed E-state index contributed by atoms with van der Waals surface area (Å²) in [6.07, 6.45) is -1.07. The number of amides is 1. The van der Waals surface area contributed by atoms with E-state index in [0.717, 1.165) is 5.56 Å². The largest absolute Gasteiger partial charge is 0.452 e. The number of aromatic nitrogens is 2. The number of nitrogens with one attached hydrogen (secondary N) is 1. The van der Waals surface area contributed by atoms with E-state index in [0.29, 0.717) is 23.0 Å². The Kier molecular flexibility index (Phi) is 5.84. The Balaban J connectivity index is 1.64. The molecule has 1 aromatic heterocycles. The lowest BCUT2D eigenvalue weighted by Crippen LogP contribution is -2.36. The van der Waals surface area contributed by atoms with E-state index in [1.165, 1.54) is 18.7 Å². The molecule has 3 rings (SSSR count). The van der Waals surface area contributed by atoms with E-state index in [1.54, 1.807) is 24.3 Å². The SMILES string of the molecule is CC(OC(=O)Cc1nn(C)c(=O)c2ccccc12)C(=O)NCc1ccccc1. The average molecular weight is 379 g/mol. The van der Waals surface area contributed by atoms with Crippen LogP contribution < -0.4 is 10.9 Å². The van der Waals surface area contributed by atoms with Crippen molar-refractivity contribution in [3.8, 4) is 0 Å². The maximum atomic E-state index is 12.3. The third-order valence-electron chi connectivity index (χ3n) is 4.33. The zero-order valence-corrected chi connectivity index (χ0v) is 15.7. The minimum atomic E-state index is -0.935. The van der Waals surface area contributed by atoms with Crippen molar-refractivity contribution >= 4 is 22.6 Å². The Morgan fingerprint density at radius 1 is 1.07 bits per heavy atom. The fraction of sp³-hybridized carbons (Fsp3) is 0.238. The standard InChI is InChI=1S/C21H21N3O4/c1-14(20(26)22-13-15-8-4-3-5-9-15)28-19(25)12-18-16-10-6-7-11-17(16)21(27)24(2)23-18/h3-11,14H,12-13H2,1-2H3,(H,22,26). The van der Waals surface area contributed by atoms with Gasteiger partial charge in [0, 0.05) is 19.0 Å². The van der Waals surface area contributed by atoms with Gasteiger partial charge in [0.05, 0.1) is 17.5 Å². The van der Waals surface area contributed by atoms with Crippen LogP contribution in [0.1, 0.15) is 18.2 Å². The quantitative estimate of drug-likeness (QED) is 0.659. The summed E-state index contributed by atoms with van der Waals surface area (Å²) in [5.41, 5.74) is 1.15. The van der Waals surface area contributed by atoms with Crippen molar-refractivity contribution in [1.29, 1.82) is 0 Å². The molecule has 7 heteroatoms. The first-order chi connectivity index (χ1) is 13.5. The molecule has 0 spiro atoms. The molecule has 1 unspecified atom stereocenters. The minimum absolute atomic E-state index is 0.134. The van der Waals surface area contributed by atoms with Crippen molar-refractivity contribution in [2.75, 3.05) is 0 Å². The highest BCUT2D eigenvalue weighted by molar-refractivity contribution is 5.88. The highest BCUT2D eigenvalue weighted by Crippen LogP contribution is 2.14. The molecule has 1 amide bonds. The minimum Gasteiger partial charge on any atom is -0.452 e. The molecule has 0 saturated heterocycles. The highest BCUT2D eigenvalue weighted by Gasteiger charge is 2.19. The van der Waals surface area contributed by atoms with Crippen LogP contribution in [0.2, 0.25) is 0 Å². The number of hydrogen-bond acceptors (Lipinski definition) is 5. The molecule has 144 valence electrons. The van der Waals surface area contributed by atoms with Crippen LogP contribution >= 0.6 is 0 Å². The molecule has 0 aliphatic heterocycles. The molecule has 1 N–H and O–H groups in total. The van der Waals surface area contributed by atoms with Gasteiger partial charge in [-0.3, -0.25) is 14.4 Å². The van der Waals surface area contributed by atoms with Gasteiger partial charge in [0.15, 0.2) is 6.10 Å². The maximum Gasteiger partial charge on any atom is 0.312 e. The summed E-state index contributed by atoms with van der Waals surface area (Å²) in [5.74, 6) is -0.964. The van der Waals surface area contributed by atoms with Crippen LogP contribution in [0, 0.1) is 0 Å². The van der Waals surface area contributed by atoms with E-state index in [4.69, 9.17) is 4.74 Å². The molecule has 0 aliphatic carbocycles. The van der Waals surface area contributed by atoms with Gasteiger partial charge in [0.2, 0.25) is 0 Å². The fourth-order valence-corrected chi connectivity index (χ4v) is 2.86. The van der Waals surface area contributed by atoms with Gasteiger partial charge in [-0.2, -0.15) is 5.10 Å². The van der Waals surface area contributed by atoms with E-state index in [1.807, 2.05) is 30.3 Å². The predicted molar refractivity (Wildman–Crippen MR) is 105 cm³/mol. The summed E-state index contributed by atoms with van der Waals surface area (Å²) in [6.45, 7) is 1.87. The second-order valence-corrected chi connectivity index (χ2v) is 6.43. The third-order valence-corrected chi connectivity index (χ3v) is 4.33. The van der Waals surface area contributed by atoms with Gasteiger partial charge in [-0.1, -0.05) is 48.5 Å². The van der Waals surface area contributed by atoms with E-state index < -0.39 is 12.1 Å². The van der Waals surface area contributed by atoms with Crippen molar-refractivity contribution in [3.05, 3.63) is 76.2 Å². The second kappa shape index (κ2) is 8.47. The smallest absolute Gasteiger partial charge is 0.312 e. The molecule has 1 heterocycles. The number of ether oxygens (including phenoxy) is 1. The number of carbonyl (C=O) groups is 2. The Morgan fingerprint density at radius 2 is 1.71 bits per heavy atom. The Labute approximate surface area is 161 Å². The summed E-state index contributed by atoms with van der Waals surface area (Å²) >= 11 is 0. The van der Waals surface area contributed by atoms with Crippen molar-refractivity contribution in [3.63, 3.8) is 0 Å². The van der Waals surface area contributed by atoms with Gasteiger partial charge >= 0.3 is 5.97 Å². The summed E-state index contributed by atoms with van der Waals surface area (Å²) in [6, 6.07) is 16.4. The molecule has 0 bridgehead atoms. The molecule has 7 nitrogen and oxygen atoms in total. The zero-order valence-electron chi connectivity index (χ0n) is 15.7. The third kappa shape index (κ3) is 4.43. The molecular formula is C21H21N3O4. The van der Waals surface area contributed by atoms with Crippen LogP contribution in [-0.2, 0) is 34.3 Å². The number of carbonyl (C=O) groups excluding carboxylic acids is 2. The number of hydrogen-bond donors (Lipinski definition) is 1. The fourth-order valence-electron chi connectivity index (χ4n) is 2.86. The van der Waals surface area contributed by atoms with Crippen LogP contribution in [0.4, 0.5) is 0 Å². The number of fused-ring (bicyclic) bond motifs is 1. The predicted octanol–water partition coefficient (Wildman–Crippen LogP) is 1.72. The topological polar surface area (TPSA) is 90.3 Å². The molecule has 0 aliphatic rings. The number of benzene rings is 2.